The zero-order valence-corrected chi connectivity index (χ0v) is 15.9. The molecule has 5 heteroatoms. The van der Waals surface area contributed by atoms with Gasteiger partial charge in [-0.15, -0.1) is 0 Å². The number of fused-ring (bicyclic) bond motifs is 2. The Labute approximate surface area is 169 Å². The van der Waals surface area contributed by atoms with Crippen LogP contribution in [0.3, 0.4) is 0 Å². The summed E-state index contributed by atoms with van der Waals surface area (Å²) < 4.78 is 17.6. The second-order valence-electron chi connectivity index (χ2n) is 7.18. The average Bonchev–Trinajstić information content (AvgIpc) is 2.93. The minimum atomic E-state index is -0.505. The predicted octanol–water partition coefficient (Wildman–Crippen LogP) is 4.15. The van der Waals surface area contributed by atoms with Gasteiger partial charge < -0.3 is 19.1 Å². The topological polar surface area (TPSA) is 48.0 Å². The Morgan fingerprint density at radius 3 is 2.59 bits per heavy atom. The molecule has 5 nitrogen and oxygen atoms in total. The van der Waals surface area contributed by atoms with Gasteiger partial charge in [-0.2, -0.15) is 0 Å². The highest BCUT2D eigenvalue weighted by atomic mass is 16.7. The maximum atomic E-state index is 12.7. The minimum Gasteiger partial charge on any atom is -0.461 e. The van der Waals surface area contributed by atoms with E-state index < -0.39 is 6.29 Å². The largest absolute Gasteiger partial charge is 0.461 e. The van der Waals surface area contributed by atoms with Gasteiger partial charge in [-0.25, -0.2) is 0 Å². The van der Waals surface area contributed by atoms with Crippen molar-refractivity contribution in [2.75, 3.05) is 13.2 Å². The summed E-state index contributed by atoms with van der Waals surface area (Å²) in [6, 6.07) is 24.1. The van der Waals surface area contributed by atoms with E-state index in [0.29, 0.717) is 18.9 Å². The molecule has 0 unspecified atom stereocenters. The molecule has 0 aliphatic carbocycles. The first-order valence-electron chi connectivity index (χ1n) is 9.70. The van der Waals surface area contributed by atoms with Gasteiger partial charge in [0, 0.05) is 11.8 Å². The summed E-state index contributed by atoms with van der Waals surface area (Å²) in [5, 5.41) is 2.29. The molecule has 29 heavy (non-hydrogen) atoms. The fourth-order valence-corrected chi connectivity index (χ4v) is 3.74. The first-order chi connectivity index (χ1) is 14.3. The second-order valence-corrected chi connectivity index (χ2v) is 7.18. The predicted molar refractivity (Wildman–Crippen MR) is 109 cm³/mol. The zero-order chi connectivity index (χ0) is 19.6. The number of carbonyl (C=O) groups excluding carboxylic acids is 1. The van der Waals surface area contributed by atoms with Crippen molar-refractivity contribution in [2.24, 2.45) is 0 Å². The minimum absolute atomic E-state index is 0.00183. The molecule has 0 N–H and O–H groups in total. The average molecular weight is 387 g/mol. The quantitative estimate of drug-likeness (QED) is 0.677. The van der Waals surface area contributed by atoms with Crippen LogP contribution in [0.1, 0.15) is 17.4 Å². The molecule has 1 fully saturated rings. The molecule has 1 amide bonds. The standard InChI is InChI=1S/C24H21NO4/c26-23-16-27-22-15-28-24(18-8-2-1-3-9-18)29-21(22)14-25(23)13-19-11-6-10-17-7-4-5-12-20(17)19/h1-12,14,22,24H,13,15-16H2/t22-,24-/m1/s1. The second kappa shape index (κ2) is 7.70. The number of hydrogen-bond acceptors (Lipinski definition) is 4. The summed E-state index contributed by atoms with van der Waals surface area (Å²) in [5.74, 6) is 0.524. The first kappa shape index (κ1) is 17.9. The smallest absolute Gasteiger partial charge is 0.252 e. The Bertz CT molecular complexity index is 1060. The van der Waals surface area contributed by atoms with E-state index in [4.69, 9.17) is 14.2 Å². The van der Waals surface area contributed by atoms with Crippen molar-refractivity contribution in [3.63, 3.8) is 0 Å². The van der Waals surface area contributed by atoms with Crippen molar-refractivity contribution < 1.29 is 19.0 Å². The van der Waals surface area contributed by atoms with E-state index in [1.165, 1.54) is 0 Å². The highest BCUT2D eigenvalue weighted by Crippen LogP contribution is 2.31. The molecule has 2 aliphatic rings. The Balaban J connectivity index is 1.44. The van der Waals surface area contributed by atoms with Crippen molar-refractivity contribution in [1.29, 1.82) is 0 Å². The Morgan fingerprint density at radius 1 is 0.897 bits per heavy atom. The number of ether oxygens (including phenoxy) is 3. The van der Waals surface area contributed by atoms with Gasteiger partial charge in [-0.1, -0.05) is 72.8 Å². The lowest BCUT2D eigenvalue weighted by atomic mass is 10.0. The molecule has 1 saturated heterocycles. The number of amides is 1. The van der Waals surface area contributed by atoms with Crippen LogP contribution in [0, 0.1) is 0 Å². The first-order valence-corrected chi connectivity index (χ1v) is 9.70. The third kappa shape index (κ3) is 3.62. The van der Waals surface area contributed by atoms with E-state index in [2.05, 4.69) is 24.3 Å². The van der Waals surface area contributed by atoms with Crippen LogP contribution >= 0.6 is 0 Å². The summed E-state index contributed by atoms with van der Waals surface area (Å²) in [5.41, 5.74) is 2.02. The van der Waals surface area contributed by atoms with Gasteiger partial charge in [0.15, 0.2) is 0 Å². The van der Waals surface area contributed by atoms with Crippen molar-refractivity contribution in [3.8, 4) is 0 Å². The monoisotopic (exact) mass is 387 g/mol. The normalized spacial score (nSPS) is 21.9. The lowest BCUT2D eigenvalue weighted by Gasteiger charge is -2.31. The summed E-state index contributed by atoms with van der Waals surface area (Å²) in [6.45, 7) is 0.804. The highest BCUT2D eigenvalue weighted by molar-refractivity contribution is 5.86. The third-order valence-electron chi connectivity index (χ3n) is 5.26. The van der Waals surface area contributed by atoms with E-state index in [9.17, 15) is 4.79 Å². The van der Waals surface area contributed by atoms with Crippen LogP contribution in [0.4, 0.5) is 0 Å². The van der Waals surface area contributed by atoms with E-state index in [1.54, 1.807) is 11.1 Å². The zero-order valence-electron chi connectivity index (χ0n) is 15.9. The molecule has 2 atom stereocenters. The van der Waals surface area contributed by atoms with Crippen molar-refractivity contribution in [3.05, 3.63) is 95.9 Å². The van der Waals surface area contributed by atoms with Gasteiger partial charge in [0.25, 0.3) is 5.91 Å². The number of carbonyl (C=O) groups is 1. The van der Waals surface area contributed by atoms with Crippen LogP contribution in [-0.2, 0) is 25.5 Å². The molecule has 0 bridgehead atoms. The fraction of sp³-hybridized carbons (Fsp3) is 0.208. The third-order valence-corrected chi connectivity index (χ3v) is 5.26. The maximum Gasteiger partial charge on any atom is 0.252 e. The maximum absolute atomic E-state index is 12.7. The molecule has 0 aromatic heterocycles. The van der Waals surface area contributed by atoms with Crippen LogP contribution < -0.4 is 0 Å². The molecule has 146 valence electrons. The van der Waals surface area contributed by atoms with Gasteiger partial charge in [-0.3, -0.25) is 4.79 Å². The number of rotatable bonds is 3. The summed E-state index contributed by atoms with van der Waals surface area (Å²) in [6.07, 6.45) is 0.895. The van der Waals surface area contributed by atoms with Crippen LogP contribution in [-0.4, -0.2) is 30.1 Å². The number of nitrogens with zero attached hydrogens (tertiary/aromatic N) is 1. The van der Waals surface area contributed by atoms with E-state index in [0.717, 1.165) is 21.9 Å². The molecule has 2 heterocycles. The van der Waals surface area contributed by atoms with Crippen molar-refractivity contribution >= 4 is 16.7 Å². The van der Waals surface area contributed by atoms with Gasteiger partial charge >= 0.3 is 0 Å². The molecule has 3 aromatic carbocycles. The fourth-order valence-electron chi connectivity index (χ4n) is 3.74. The summed E-state index contributed by atoms with van der Waals surface area (Å²) in [4.78, 5) is 14.4. The van der Waals surface area contributed by atoms with Crippen LogP contribution in [0.25, 0.3) is 10.8 Å². The molecule has 0 spiro atoms. The van der Waals surface area contributed by atoms with Crippen LogP contribution in [0.15, 0.2) is 84.8 Å². The van der Waals surface area contributed by atoms with Gasteiger partial charge in [0.2, 0.25) is 6.29 Å². The van der Waals surface area contributed by atoms with Gasteiger partial charge in [-0.05, 0) is 16.3 Å². The Kier molecular flexibility index (Phi) is 4.76. The molecule has 0 radical (unpaired) electrons. The molecule has 3 aromatic rings. The lowest BCUT2D eigenvalue weighted by Crippen LogP contribution is -2.31. The van der Waals surface area contributed by atoms with E-state index in [1.807, 2.05) is 48.5 Å². The van der Waals surface area contributed by atoms with E-state index in [-0.39, 0.29) is 18.6 Å². The molecule has 0 saturated carbocycles. The van der Waals surface area contributed by atoms with Crippen molar-refractivity contribution in [2.45, 2.75) is 18.9 Å². The van der Waals surface area contributed by atoms with Crippen LogP contribution in [0.5, 0.6) is 0 Å². The number of benzene rings is 3. The lowest BCUT2D eigenvalue weighted by molar-refractivity contribution is -0.195. The summed E-state index contributed by atoms with van der Waals surface area (Å²) in [7, 11) is 0. The SMILES string of the molecule is O=C1CO[C@@H]2CO[C@@H](c3ccccc3)OC2=CN1Cc1cccc2ccccc12. The van der Waals surface area contributed by atoms with Gasteiger partial charge in [0.1, 0.15) is 18.5 Å². The highest BCUT2D eigenvalue weighted by Gasteiger charge is 2.33. The molecule has 2 aliphatic heterocycles. The molecular weight excluding hydrogens is 366 g/mol. The van der Waals surface area contributed by atoms with Crippen molar-refractivity contribution in [1.82, 2.24) is 4.90 Å². The Hall–Kier alpha value is -3.15. The number of hydrogen-bond donors (Lipinski definition) is 0. The molecular formula is C24H21NO4. The van der Waals surface area contributed by atoms with Gasteiger partial charge in [0.05, 0.1) is 13.2 Å². The van der Waals surface area contributed by atoms with E-state index >= 15 is 0 Å². The summed E-state index contributed by atoms with van der Waals surface area (Å²) >= 11 is 0. The molecule has 5 rings (SSSR count). The van der Waals surface area contributed by atoms with Crippen LogP contribution in [0.2, 0.25) is 0 Å². The Morgan fingerprint density at radius 2 is 1.69 bits per heavy atom.